The van der Waals surface area contributed by atoms with Crippen LogP contribution >= 0.6 is 0 Å². The van der Waals surface area contributed by atoms with Gasteiger partial charge in [-0.2, -0.15) is 0 Å². The highest BCUT2D eigenvalue weighted by molar-refractivity contribution is 6.04. The molecule has 4 aromatic rings. The van der Waals surface area contributed by atoms with Gasteiger partial charge in [-0.15, -0.1) is 0 Å². The van der Waals surface area contributed by atoms with Crippen molar-refractivity contribution in [2.24, 2.45) is 0 Å². The average molecular weight is 434 g/mol. The second-order valence-corrected chi connectivity index (χ2v) is 6.86. The van der Waals surface area contributed by atoms with Gasteiger partial charge in [0.15, 0.2) is 5.65 Å². The third kappa shape index (κ3) is 4.36. The van der Waals surface area contributed by atoms with Crippen LogP contribution in [0.5, 0.6) is 0 Å². The zero-order chi connectivity index (χ0) is 22.7. The van der Waals surface area contributed by atoms with E-state index in [2.05, 4.69) is 15.6 Å². The first kappa shape index (κ1) is 20.9. The molecule has 4 rings (SSSR count). The first-order valence-electron chi connectivity index (χ1n) is 9.52. The largest absolute Gasteiger partial charge is 0.348 e. The fourth-order valence-electron chi connectivity index (χ4n) is 3.05. The molecule has 2 aromatic heterocycles. The van der Waals surface area contributed by atoms with Crippen LogP contribution in [-0.4, -0.2) is 21.2 Å². The quantitative estimate of drug-likeness (QED) is 0.505. The lowest BCUT2D eigenvalue weighted by atomic mass is 10.2. The van der Waals surface area contributed by atoms with E-state index in [1.165, 1.54) is 42.6 Å². The number of carbonyl (C=O) groups excluding carboxylic acids is 2. The maximum atomic E-state index is 13.0. The highest BCUT2D eigenvalue weighted by Gasteiger charge is 2.15. The van der Waals surface area contributed by atoms with Gasteiger partial charge >= 0.3 is 0 Å². The van der Waals surface area contributed by atoms with Crippen LogP contribution in [0.2, 0.25) is 0 Å². The molecule has 0 saturated carbocycles. The van der Waals surface area contributed by atoms with Crippen molar-refractivity contribution >= 4 is 23.1 Å². The summed E-state index contributed by atoms with van der Waals surface area (Å²) in [7, 11) is 0. The molecular weight excluding hydrogens is 418 g/mol. The Morgan fingerprint density at radius 3 is 2.25 bits per heavy atom. The summed E-state index contributed by atoms with van der Waals surface area (Å²) in [5, 5.41) is 5.15. The summed E-state index contributed by atoms with van der Waals surface area (Å²) in [5.41, 5.74) is 0.456. The standard InChI is InChI=1S/C23H16F2N4O3/c24-16-7-3-14(4-8-16)12-27-22(31)18-2-1-11-29-20(18)26-13-19(23(29)32)28-21(30)15-5-9-17(25)10-6-15/h1-11,13H,12H2,(H,27,31)(H,28,30). The highest BCUT2D eigenvalue weighted by Crippen LogP contribution is 2.11. The number of fused-ring (bicyclic) bond motifs is 1. The Morgan fingerprint density at radius 1 is 0.906 bits per heavy atom. The van der Waals surface area contributed by atoms with Crippen molar-refractivity contribution < 1.29 is 18.4 Å². The van der Waals surface area contributed by atoms with Crippen LogP contribution in [-0.2, 0) is 6.54 Å². The SMILES string of the molecule is O=C(Nc1cnc2c(C(=O)NCc3ccc(F)cc3)cccn2c1=O)c1ccc(F)cc1. The van der Waals surface area contributed by atoms with Crippen LogP contribution in [0.4, 0.5) is 14.5 Å². The minimum absolute atomic E-state index is 0.0966. The number of hydrogen-bond donors (Lipinski definition) is 2. The van der Waals surface area contributed by atoms with Gasteiger partial charge in [-0.1, -0.05) is 12.1 Å². The number of anilines is 1. The first-order valence-corrected chi connectivity index (χ1v) is 9.52. The molecule has 0 radical (unpaired) electrons. The summed E-state index contributed by atoms with van der Waals surface area (Å²) >= 11 is 0. The second kappa shape index (κ2) is 8.76. The maximum Gasteiger partial charge on any atom is 0.281 e. The van der Waals surface area contributed by atoms with E-state index in [1.807, 2.05) is 0 Å². The van der Waals surface area contributed by atoms with Gasteiger partial charge < -0.3 is 10.6 Å². The lowest BCUT2D eigenvalue weighted by molar-refractivity contribution is 0.0951. The summed E-state index contributed by atoms with van der Waals surface area (Å²) < 4.78 is 27.2. The Labute approximate surface area is 180 Å². The Hall–Kier alpha value is -4.40. The summed E-state index contributed by atoms with van der Waals surface area (Å²) in [6.45, 7) is 0.163. The molecule has 2 amide bonds. The van der Waals surface area contributed by atoms with Gasteiger partial charge in [-0.3, -0.25) is 18.8 Å². The monoisotopic (exact) mass is 434 g/mol. The molecule has 0 bridgehead atoms. The number of benzene rings is 2. The Morgan fingerprint density at radius 2 is 1.56 bits per heavy atom. The lowest BCUT2D eigenvalue weighted by Crippen LogP contribution is -2.27. The Balaban J connectivity index is 1.57. The first-order chi connectivity index (χ1) is 15.4. The molecule has 0 atom stereocenters. The maximum absolute atomic E-state index is 13.0. The van der Waals surface area contributed by atoms with E-state index in [0.717, 1.165) is 22.7 Å². The zero-order valence-corrected chi connectivity index (χ0v) is 16.5. The van der Waals surface area contributed by atoms with Crippen molar-refractivity contribution in [2.75, 3.05) is 5.32 Å². The van der Waals surface area contributed by atoms with Crippen LogP contribution in [0.25, 0.3) is 5.65 Å². The predicted octanol–water partition coefficient (Wildman–Crippen LogP) is 3.16. The van der Waals surface area contributed by atoms with Gasteiger partial charge in [-0.05, 0) is 54.1 Å². The minimum atomic E-state index is -0.600. The molecule has 32 heavy (non-hydrogen) atoms. The number of aromatic nitrogens is 2. The topological polar surface area (TPSA) is 92.6 Å². The highest BCUT2D eigenvalue weighted by atomic mass is 19.1. The van der Waals surface area contributed by atoms with Gasteiger partial charge in [0.1, 0.15) is 17.3 Å². The van der Waals surface area contributed by atoms with Crippen LogP contribution < -0.4 is 16.2 Å². The van der Waals surface area contributed by atoms with E-state index in [-0.39, 0.29) is 34.8 Å². The van der Waals surface area contributed by atoms with Crippen LogP contribution in [0.15, 0.2) is 77.9 Å². The Bertz CT molecular complexity index is 1370. The van der Waals surface area contributed by atoms with Gasteiger partial charge in [0, 0.05) is 18.3 Å². The smallest absolute Gasteiger partial charge is 0.281 e. The fourth-order valence-corrected chi connectivity index (χ4v) is 3.05. The molecule has 0 aliphatic rings. The number of nitrogens with one attached hydrogen (secondary N) is 2. The number of pyridine rings is 1. The van der Waals surface area contributed by atoms with E-state index in [4.69, 9.17) is 0 Å². The van der Waals surface area contributed by atoms with E-state index < -0.39 is 23.2 Å². The third-order valence-electron chi connectivity index (χ3n) is 4.70. The average Bonchev–Trinajstić information content (AvgIpc) is 2.80. The molecule has 0 spiro atoms. The molecule has 7 nitrogen and oxygen atoms in total. The van der Waals surface area contributed by atoms with E-state index >= 15 is 0 Å². The third-order valence-corrected chi connectivity index (χ3v) is 4.70. The van der Waals surface area contributed by atoms with Crippen LogP contribution in [0.1, 0.15) is 26.3 Å². The fraction of sp³-hybridized carbons (Fsp3) is 0.0435. The number of rotatable bonds is 5. The van der Waals surface area contributed by atoms with Crippen LogP contribution in [0, 0.1) is 11.6 Å². The van der Waals surface area contributed by atoms with E-state index in [9.17, 15) is 23.2 Å². The van der Waals surface area contributed by atoms with Gasteiger partial charge in [0.2, 0.25) is 0 Å². The summed E-state index contributed by atoms with van der Waals surface area (Å²) in [6, 6.07) is 13.6. The molecular formula is C23H16F2N4O3. The number of halogens is 2. The molecule has 0 aliphatic carbocycles. The summed E-state index contributed by atoms with van der Waals surface area (Å²) in [6.07, 6.45) is 2.59. The molecule has 0 unspecified atom stereocenters. The van der Waals surface area contributed by atoms with Crippen molar-refractivity contribution in [1.82, 2.24) is 14.7 Å². The molecule has 160 valence electrons. The van der Waals surface area contributed by atoms with Crippen molar-refractivity contribution in [3.63, 3.8) is 0 Å². The summed E-state index contributed by atoms with van der Waals surface area (Å²) in [5.74, 6) is -1.93. The summed E-state index contributed by atoms with van der Waals surface area (Å²) in [4.78, 5) is 42.0. The van der Waals surface area contributed by atoms with Crippen molar-refractivity contribution in [2.45, 2.75) is 6.54 Å². The van der Waals surface area contributed by atoms with Crippen LogP contribution in [0.3, 0.4) is 0 Å². The lowest BCUT2D eigenvalue weighted by Gasteiger charge is -2.10. The minimum Gasteiger partial charge on any atom is -0.348 e. The molecule has 2 N–H and O–H groups in total. The molecule has 0 aliphatic heterocycles. The number of hydrogen-bond acceptors (Lipinski definition) is 4. The van der Waals surface area contributed by atoms with Crippen molar-refractivity contribution in [3.8, 4) is 0 Å². The molecule has 2 heterocycles. The van der Waals surface area contributed by atoms with E-state index in [0.29, 0.717) is 5.56 Å². The van der Waals surface area contributed by atoms with Gasteiger partial charge in [-0.25, -0.2) is 13.8 Å². The van der Waals surface area contributed by atoms with Crippen molar-refractivity contribution in [1.29, 1.82) is 0 Å². The molecule has 2 aromatic carbocycles. The number of carbonyl (C=O) groups is 2. The second-order valence-electron chi connectivity index (χ2n) is 6.86. The predicted molar refractivity (Wildman–Crippen MR) is 113 cm³/mol. The molecule has 9 heteroatoms. The molecule has 0 fully saturated rings. The van der Waals surface area contributed by atoms with Crippen molar-refractivity contribution in [3.05, 3.63) is 112 Å². The molecule has 0 saturated heterocycles. The van der Waals surface area contributed by atoms with Gasteiger partial charge in [0.05, 0.1) is 11.8 Å². The number of nitrogens with zero attached hydrogens (tertiary/aromatic N) is 2. The Kier molecular flexibility index (Phi) is 5.71. The number of amides is 2. The van der Waals surface area contributed by atoms with Gasteiger partial charge in [0.25, 0.3) is 17.4 Å². The normalized spacial score (nSPS) is 10.7. The zero-order valence-electron chi connectivity index (χ0n) is 16.5. The van der Waals surface area contributed by atoms with E-state index in [1.54, 1.807) is 12.1 Å².